The van der Waals surface area contributed by atoms with Crippen molar-refractivity contribution in [3.05, 3.63) is 23.9 Å². The molecular formula is C13H20N2S. The van der Waals surface area contributed by atoms with Crippen LogP contribution in [0.3, 0.4) is 0 Å². The zero-order valence-corrected chi connectivity index (χ0v) is 11.1. The predicted octanol–water partition coefficient (Wildman–Crippen LogP) is 3.35. The van der Waals surface area contributed by atoms with E-state index in [0.29, 0.717) is 11.3 Å². The van der Waals surface area contributed by atoms with Gasteiger partial charge in [-0.05, 0) is 32.5 Å². The Labute approximate surface area is 102 Å². The SMILES string of the molecule is CC(C)Sc1ncccc1[C@@H]1CCCN1C. The summed E-state index contributed by atoms with van der Waals surface area (Å²) in [5.74, 6) is 0. The molecule has 1 saturated heterocycles. The largest absolute Gasteiger partial charge is 0.299 e. The van der Waals surface area contributed by atoms with Crippen molar-refractivity contribution in [2.24, 2.45) is 0 Å². The minimum absolute atomic E-state index is 0.579. The lowest BCUT2D eigenvalue weighted by Gasteiger charge is -2.22. The van der Waals surface area contributed by atoms with Crippen molar-refractivity contribution in [2.75, 3.05) is 13.6 Å². The summed E-state index contributed by atoms with van der Waals surface area (Å²) in [5, 5.41) is 1.82. The van der Waals surface area contributed by atoms with Crippen molar-refractivity contribution in [1.82, 2.24) is 9.88 Å². The number of pyridine rings is 1. The first-order valence-corrected chi connectivity index (χ1v) is 6.88. The number of hydrogen-bond donors (Lipinski definition) is 0. The molecule has 2 heterocycles. The third-order valence-electron chi connectivity index (χ3n) is 3.03. The average molecular weight is 236 g/mol. The van der Waals surface area contributed by atoms with Gasteiger partial charge in [0, 0.05) is 23.1 Å². The van der Waals surface area contributed by atoms with Gasteiger partial charge in [0.05, 0.1) is 0 Å². The van der Waals surface area contributed by atoms with Gasteiger partial charge in [0.1, 0.15) is 5.03 Å². The van der Waals surface area contributed by atoms with Gasteiger partial charge in [-0.25, -0.2) is 4.98 Å². The molecule has 2 rings (SSSR count). The normalized spacial score (nSPS) is 21.9. The Balaban J connectivity index is 2.25. The number of aromatic nitrogens is 1. The molecule has 0 amide bonds. The van der Waals surface area contributed by atoms with E-state index in [-0.39, 0.29) is 0 Å². The van der Waals surface area contributed by atoms with Crippen LogP contribution in [-0.4, -0.2) is 28.7 Å². The van der Waals surface area contributed by atoms with Crippen LogP contribution in [0.2, 0.25) is 0 Å². The Kier molecular flexibility index (Phi) is 3.87. The molecular weight excluding hydrogens is 216 g/mol. The van der Waals surface area contributed by atoms with Crippen LogP contribution in [0.1, 0.15) is 38.3 Å². The van der Waals surface area contributed by atoms with Crippen LogP contribution in [0.5, 0.6) is 0 Å². The molecule has 1 fully saturated rings. The maximum atomic E-state index is 4.53. The summed E-state index contributed by atoms with van der Waals surface area (Å²) in [6.07, 6.45) is 4.48. The van der Waals surface area contributed by atoms with E-state index in [1.54, 1.807) is 0 Å². The molecule has 16 heavy (non-hydrogen) atoms. The van der Waals surface area contributed by atoms with Crippen molar-refractivity contribution < 1.29 is 0 Å². The Morgan fingerprint density at radius 3 is 2.94 bits per heavy atom. The summed E-state index contributed by atoms with van der Waals surface area (Å²) in [6.45, 7) is 5.66. The summed E-state index contributed by atoms with van der Waals surface area (Å²) in [4.78, 5) is 6.98. The van der Waals surface area contributed by atoms with Crippen LogP contribution in [0, 0.1) is 0 Å². The van der Waals surface area contributed by atoms with E-state index < -0.39 is 0 Å². The molecule has 0 bridgehead atoms. The second-order valence-corrected chi connectivity index (χ2v) is 6.27. The minimum atomic E-state index is 0.579. The first-order valence-electron chi connectivity index (χ1n) is 6.00. The monoisotopic (exact) mass is 236 g/mol. The molecule has 88 valence electrons. The molecule has 1 aliphatic rings. The molecule has 2 nitrogen and oxygen atoms in total. The molecule has 3 heteroatoms. The van der Waals surface area contributed by atoms with E-state index in [9.17, 15) is 0 Å². The van der Waals surface area contributed by atoms with Gasteiger partial charge in [0.25, 0.3) is 0 Å². The highest BCUT2D eigenvalue weighted by Crippen LogP contribution is 2.36. The first-order chi connectivity index (χ1) is 7.68. The fourth-order valence-electron chi connectivity index (χ4n) is 2.28. The van der Waals surface area contributed by atoms with Gasteiger partial charge in [-0.2, -0.15) is 0 Å². The van der Waals surface area contributed by atoms with Crippen molar-refractivity contribution in [3.8, 4) is 0 Å². The lowest BCUT2D eigenvalue weighted by atomic mass is 10.1. The Morgan fingerprint density at radius 2 is 2.31 bits per heavy atom. The average Bonchev–Trinajstić information content (AvgIpc) is 2.64. The van der Waals surface area contributed by atoms with Gasteiger partial charge in [0.2, 0.25) is 0 Å². The standard InChI is InChI=1S/C13H20N2S/c1-10(2)16-13-11(6-4-8-14-13)12-7-5-9-15(12)3/h4,6,8,10,12H,5,7,9H2,1-3H3/t12-/m0/s1. The zero-order valence-electron chi connectivity index (χ0n) is 10.3. The van der Waals surface area contributed by atoms with E-state index in [2.05, 4.69) is 42.9 Å². The van der Waals surface area contributed by atoms with E-state index >= 15 is 0 Å². The zero-order chi connectivity index (χ0) is 11.5. The number of hydrogen-bond acceptors (Lipinski definition) is 3. The molecule has 1 aromatic rings. The van der Waals surface area contributed by atoms with Crippen LogP contribution in [0.4, 0.5) is 0 Å². The lowest BCUT2D eigenvalue weighted by molar-refractivity contribution is 0.313. The van der Waals surface area contributed by atoms with E-state index in [4.69, 9.17) is 0 Å². The van der Waals surface area contributed by atoms with Crippen molar-refractivity contribution >= 4 is 11.8 Å². The Bertz CT molecular complexity index is 352. The van der Waals surface area contributed by atoms with Gasteiger partial charge in [-0.15, -0.1) is 11.8 Å². The third kappa shape index (κ3) is 2.58. The second kappa shape index (κ2) is 5.19. The molecule has 1 aliphatic heterocycles. The van der Waals surface area contributed by atoms with Crippen molar-refractivity contribution in [1.29, 1.82) is 0 Å². The molecule has 0 unspecified atom stereocenters. The highest BCUT2D eigenvalue weighted by Gasteiger charge is 2.25. The molecule has 0 aromatic carbocycles. The Hall–Kier alpha value is -0.540. The quantitative estimate of drug-likeness (QED) is 0.749. The summed E-state index contributed by atoms with van der Waals surface area (Å²) in [7, 11) is 2.22. The summed E-state index contributed by atoms with van der Waals surface area (Å²) in [5.41, 5.74) is 1.42. The van der Waals surface area contributed by atoms with Gasteiger partial charge < -0.3 is 0 Å². The number of rotatable bonds is 3. The summed E-state index contributed by atoms with van der Waals surface area (Å²) >= 11 is 1.88. The smallest absolute Gasteiger partial charge is 0.101 e. The molecule has 0 N–H and O–H groups in total. The van der Waals surface area contributed by atoms with Crippen LogP contribution < -0.4 is 0 Å². The van der Waals surface area contributed by atoms with Gasteiger partial charge in [-0.3, -0.25) is 4.90 Å². The van der Waals surface area contributed by atoms with Crippen LogP contribution in [-0.2, 0) is 0 Å². The fraction of sp³-hybridized carbons (Fsp3) is 0.615. The third-order valence-corrected chi connectivity index (χ3v) is 4.06. The maximum Gasteiger partial charge on any atom is 0.101 e. The van der Waals surface area contributed by atoms with Crippen LogP contribution >= 0.6 is 11.8 Å². The molecule has 0 radical (unpaired) electrons. The summed E-state index contributed by atoms with van der Waals surface area (Å²) < 4.78 is 0. The maximum absolute atomic E-state index is 4.53. The molecule has 0 saturated carbocycles. The lowest BCUT2D eigenvalue weighted by Crippen LogP contribution is -2.18. The topological polar surface area (TPSA) is 16.1 Å². The van der Waals surface area contributed by atoms with Crippen LogP contribution in [0.25, 0.3) is 0 Å². The number of nitrogens with zero attached hydrogens (tertiary/aromatic N) is 2. The van der Waals surface area contributed by atoms with Gasteiger partial charge in [-0.1, -0.05) is 19.9 Å². The fourth-order valence-corrected chi connectivity index (χ4v) is 3.19. The summed E-state index contributed by atoms with van der Waals surface area (Å²) in [6, 6.07) is 4.88. The second-order valence-electron chi connectivity index (χ2n) is 4.70. The minimum Gasteiger partial charge on any atom is -0.299 e. The highest BCUT2D eigenvalue weighted by atomic mass is 32.2. The van der Waals surface area contributed by atoms with Gasteiger partial charge in [0.15, 0.2) is 0 Å². The Morgan fingerprint density at radius 1 is 1.50 bits per heavy atom. The first kappa shape index (κ1) is 11.9. The number of thioether (sulfide) groups is 1. The van der Waals surface area contributed by atoms with E-state index in [0.717, 1.165) is 0 Å². The molecule has 0 aliphatic carbocycles. The molecule has 1 aromatic heterocycles. The van der Waals surface area contributed by atoms with Gasteiger partial charge >= 0.3 is 0 Å². The predicted molar refractivity (Wildman–Crippen MR) is 69.8 cm³/mol. The van der Waals surface area contributed by atoms with E-state index in [1.807, 2.05) is 18.0 Å². The molecule has 0 spiro atoms. The van der Waals surface area contributed by atoms with Crippen LogP contribution in [0.15, 0.2) is 23.4 Å². The number of likely N-dealkylation sites (tertiary alicyclic amines) is 1. The molecule has 1 atom stereocenters. The van der Waals surface area contributed by atoms with E-state index in [1.165, 1.54) is 30.0 Å². The van der Waals surface area contributed by atoms with Crippen molar-refractivity contribution in [2.45, 2.75) is 43.0 Å². The highest BCUT2D eigenvalue weighted by molar-refractivity contribution is 7.99. The van der Waals surface area contributed by atoms with Crippen molar-refractivity contribution in [3.63, 3.8) is 0 Å².